The van der Waals surface area contributed by atoms with Gasteiger partial charge in [-0.1, -0.05) is 30.3 Å². The van der Waals surface area contributed by atoms with E-state index >= 15 is 0 Å². The summed E-state index contributed by atoms with van der Waals surface area (Å²) in [5.41, 5.74) is 2.35. The fourth-order valence-electron chi connectivity index (χ4n) is 3.05. The van der Waals surface area contributed by atoms with E-state index < -0.39 is 0 Å². The Morgan fingerprint density at radius 2 is 1.93 bits per heavy atom. The molecular weight excluding hydrogens is 344 g/mol. The van der Waals surface area contributed by atoms with Gasteiger partial charge < -0.3 is 19.0 Å². The normalized spacial score (nSPS) is 10.9. The minimum absolute atomic E-state index is 0.145. The van der Waals surface area contributed by atoms with Crippen LogP contribution >= 0.6 is 0 Å². The van der Waals surface area contributed by atoms with E-state index in [2.05, 4.69) is 15.5 Å². The van der Waals surface area contributed by atoms with Gasteiger partial charge in [0.25, 0.3) is 0 Å². The first-order valence-corrected chi connectivity index (χ1v) is 8.47. The van der Waals surface area contributed by atoms with Gasteiger partial charge in [-0.05, 0) is 18.2 Å². The summed E-state index contributed by atoms with van der Waals surface area (Å²) in [6.07, 6.45) is 1.86. The van der Waals surface area contributed by atoms with Crippen LogP contribution in [-0.4, -0.2) is 27.8 Å². The fourth-order valence-corrected chi connectivity index (χ4v) is 3.05. The summed E-state index contributed by atoms with van der Waals surface area (Å²) in [6, 6.07) is 15.1. The second kappa shape index (κ2) is 6.95. The number of hydrogen-bond acceptors (Lipinski definition) is 5. The van der Waals surface area contributed by atoms with Crippen molar-refractivity contribution in [2.75, 3.05) is 12.4 Å². The van der Waals surface area contributed by atoms with Crippen LogP contribution in [0.5, 0.6) is 5.75 Å². The van der Waals surface area contributed by atoms with Crippen molar-refractivity contribution >= 4 is 22.5 Å². The Kier molecular flexibility index (Phi) is 4.33. The van der Waals surface area contributed by atoms with Crippen LogP contribution in [0.2, 0.25) is 0 Å². The van der Waals surface area contributed by atoms with Crippen molar-refractivity contribution in [2.24, 2.45) is 0 Å². The molecule has 0 aliphatic carbocycles. The number of para-hydroxylation sites is 3. The number of aryl methyl sites for hydroxylation is 1. The predicted octanol–water partition coefficient (Wildman–Crippen LogP) is 3.65. The number of benzene rings is 2. The zero-order valence-electron chi connectivity index (χ0n) is 15.0. The second-order valence-corrected chi connectivity index (χ2v) is 6.06. The maximum absolute atomic E-state index is 12.6. The highest BCUT2D eigenvalue weighted by Gasteiger charge is 2.16. The number of hydrogen-bond donors (Lipinski definition) is 1. The first-order valence-electron chi connectivity index (χ1n) is 8.47. The van der Waals surface area contributed by atoms with Crippen molar-refractivity contribution < 1.29 is 13.9 Å². The van der Waals surface area contributed by atoms with Gasteiger partial charge >= 0.3 is 0 Å². The lowest BCUT2D eigenvalue weighted by molar-refractivity contribution is -0.116. The van der Waals surface area contributed by atoms with E-state index in [0.717, 1.165) is 16.5 Å². The van der Waals surface area contributed by atoms with E-state index in [1.807, 2.05) is 47.2 Å². The summed E-state index contributed by atoms with van der Waals surface area (Å²) in [6.45, 7) is 1.89. The summed E-state index contributed by atoms with van der Waals surface area (Å²) >= 11 is 0. The van der Waals surface area contributed by atoms with E-state index in [9.17, 15) is 4.79 Å². The zero-order chi connectivity index (χ0) is 18.8. The lowest BCUT2D eigenvalue weighted by Gasteiger charge is -2.10. The number of nitrogens with zero attached hydrogens (tertiary/aromatic N) is 3. The lowest BCUT2D eigenvalue weighted by atomic mass is 10.2. The van der Waals surface area contributed by atoms with Crippen LogP contribution in [0.1, 0.15) is 5.89 Å². The maximum Gasteiger partial charge on any atom is 0.249 e. The van der Waals surface area contributed by atoms with Crippen LogP contribution in [0, 0.1) is 6.92 Å². The maximum atomic E-state index is 12.6. The zero-order valence-corrected chi connectivity index (χ0v) is 15.0. The molecular formula is C20H18N4O3. The van der Waals surface area contributed by atoms with Crippen LogP contribution in [-0.2, 0) is 11.3 Å². The van der Waals surface area contributed by atoms with Gasteiger partial charge in [-0.2, -0.15) is 0 Å². The molecule has 2 aromatic carbocycles. The number of carbonyl (C=O) groups is 1. The Morgan fingerprint density at radius 1 is 1.15 bits per heavy atom. The molecule has 2 aromatic heterocycles. The van der Waals surface area contributed by atoms with Crippen molar-refractivity contribution in [3.63, 3.8) is 0 Å². The van der Waals surface area contributed by atoms with E-state index in [1.54, 1.807) is 26.2 Å². The molecule has 0 aliphatic rings. The third-order valence-corrected chi connectivity index (χ3v) is 4.24. The minimum Gasteiger partial charge on any atom is -0.495 e. The molecule has 0 saturated heterocycles. The Hall–Kier alpha value is -3.61. The van der Waals surface area contributed by atoms with E-state index in [1.165, 1.54) is 0 Å². The summed E-state index contributed by atoms with van der Waals surface area (Å²) in [5.74, 6) is 1.39. The standard InChI is InChI=1S/C20H18N4O3/c1-13-22-23-20(27-13)15-11-24(17-9-5-3-7-14(15)17)12-19(25)21-16-8-4-6-10-18(16)26-2/h3-11H,12H2,1-2H3,(H,21,25). The molecule has 4 rings (SSSR count). The Morgan fingerprint density at radius 3 is 2.70 bits per heavy atom. The molecule has 2 heterocycles. The van der Waals surface area contributed by atoms with Crippen LogP contribution in [0.15, 0.2) is 59.1 Å². The van der Waals surface area contributed by atoms with Crippen molar-refractivity contribution in [1.82, 2.24) is 14.8 Å². The van der Waals surface area contributed by atoms with Crippen molar-refractivity contribution in [2.45, 2.75) is 13.5 Å². The monoisotopic (exact) mass is 362 g/mol. The Labute approximate surface area is 155 Å². The highest BCUT2D eigenvalue weighted by molar-refractivity contribution is 5.97. The number of carbonyl (C=O) groups excluding carboxylic acids is 1. The van der Waals surface area contributed by atoms with Gasteiger partial charge in [-0.25, -0.2) is 0 Å². The van der Waals surface area contributed by atoms with Gasteiger partial charge in [-0.15, -0.1) is 10.2 Å². The highest BCUT2D eigenvalue weighted by Crippen LogP contribution is 2.30. The van der Waals surface area contributed by atoms with Crippen LogP contribution < -0.4 is 10.1 Å². The predicted molar refractivity (Wildman–Crippen MR) is 102 cm³/mol. The number of aromatic nitrogens is 3. The first-order chi connectivity index (χ1) is 13.2. The number of anilines is 1. The second-order valence-electron chi connectivity index (χ2n) is 6.06. The summed E-state index contributed by atoms with van der Waals surface area (Å²) in [5, 5.41) is 11.8. The number of amides is 1. The number of methoxy groups -OCH3 is 1. The molecule has 0 bridgehead atoms. The molecule has 0 saturated carbocycles. The SMILES string of the molecule is COc1ccccc1NC(=O)Cn1cc(-c2nnc(C)o2)c2ccccc21. The largest absolute Gasteiger partial charge is 0.495 e. The average Bonchev–Trinajstić information content (AvgIpc) is 3.26. The fraction of sp³-hybridized carbons (Fsp3) is 0.150. The first kappa shape index (κ1) is 16.8. The topological polar surface area (TPSA) is 82.2 Å². The third-order valence-electron chi connectivity index (χ3n) is 4.24. The van der Waals surface area contributed by atoms with Gasteiger partial charge in [0.1, 0.15) is 12.3 Å². The van der Waals surface area contributed by atoms with Gasteiger partial charge in [0.15, 0.2) is 0 Å². The summed E-state index contributed by atoms with van der Waals surface area (Å²) in [4.78, 5) is 12.6. The molecule has 4 aromatic rings. The highest BCUT2D eigenvalue weighted by atomic mass is 16.5. The number of nitrogens with one attached hydrogen (secondary N) is 1. The molecule has 1 N–H and O–H groups in total. The Bertz CT molecular complexity index is 1110. The van der Waals surface area contributed by atoms with Gasteiger partial charge in [0, 0.05) is 24.0 Å². The van der Waals surface area contributed by atoms with Crippen molar-refractivity contribution in [3.05, 3.63) is 60.6 Å². The van der Waals surface area contributed by atoms with Crippen LogP contribution in [0.3, 0.4) is 0 Å². The van der Waals surface area contributed by atoms with Crippen LogP contribution in [0.4, 0.5) is 5.69 Å². The van der Waals surface area contributed by atoms with E-state index in [4.69, 9.17) is 9.15 Å². The molecule has 7 heteroatoms. The van der Waals surface area contributed by atoms with Gasteiger partial charge in [-0.3, -0.25) is 4.79 Å². The van der Waals surface area contributed by atoms with Gasteiger partial charge in [0.05, 0.1) is 18.4 Å². The summed E-state index contributed by atoms with van der Waals surface area (Å²) < 4.78 is 12.7. The minimum atomic E-state index is -0.159. The molecule has 0 radical (unpaired) electrons. The van der Waals surface area contributed by atoms with Crippen LogP contribution in [0.25, 0.3) is 22.4 Å². The molecule has 0 spiro atoms. The molecule has 1 amide bonds. The Balaban J connectivity index is 1.65. The van der Waals surface area contributed by atoms with E-state index in [-0.39, 0.29) is 12.5 Å². The number of ether oxygens (including phenoxy) is 1. The quantitative estimate of drug-likeness (QED) is 0.586. The molecule has 0 unspecified atom stereocenters. The molecule has 27 heavy (non-hydrogen) atoms. The van der Waals surface area contributed by atoms with Gasteiger partial charge in [0.2, 0.25) is 17.7 Å². The summed E-state index contributed by atoms with van der Waals surface area (Å²) in [7, 11) is 1.57. The molecule has 0 atom stereocenters. The average molecular weight is 362 g/mol. The smallest absolute Gasteiger partial charge is 0.249 e. The van der Waals surface area contributed by atoms with Crippen molar-refractivity contribution in [1.29, 1.82) is 0 Å². The van der Waals surface area contributed by atoms with E-state index in [0.29, 0.717) is 23.2 Å². The number of fused-ring (bicyclic) bond motifs is 1. The van der Waals surface area contributed by atoms with Crippen molar-refractivity contribution in [3.8, 4) is 17.2 Å². The number of rotatable bonds is 5. The third kappa shape index (κ3) is 3.27. The molecule has 0 fully saturated rings. The molecule has 0 aliphatic heterocycles. The molecule has 136 valence electrons. The molecule has 7 nitrogen and oxygen atoms in total. The lowest BCUT2D eigenvalue weighted by Crippen LogP contribution is -2.18.